The molecule has 0 saturated carbocycles. The van der Waals surface area contributed by atoms with Crippen molar-refractivity contribution in [1.29, 1.82) is 0 Å². The van der Waals surface area contributed by atoms with Crippen LogP contribution in [0.2, 0.25) is 0 Å². The van der Waals surface area contributed by atoms with Gasteiger partial charge < -0.3 is 0 Å². The van der Waals surface area contributed by atoms with E-state index in [1.54, 1.807) is 5.69 Å². The minimum Gasteiger partial charge on any atom is -0.202 e. The quantitative estimate of drug-likeness (QED) is 0.170. The van der Waals surface area contributed by atoms with E-state index in [-0.39, 0.29) is 0 Å². The van der Waals surface area contributed by atoms with E-state index in [1.165, 1.54) is 122 Å². The lowest BCUT2D eigenvalue weighted by Gasteiger charge is -2.05. The van der Waals surface area contributed by atoms with Crippen molar-refractivity contribution in [2.75, 3.05) is 0 Å². The van der Waals surface area contributed by atoms with E-state index >= 15 is 0 Å². The molecule has 0 radical (unpaired) electrons. The fourth-order valence-electron chi connectivity index (χ4n) is 3.99. The zero-order valence-corrected chi connectivity index (χ0v) is 18.7. The molecule has 1 nitrogen and oxygen atoms in total. The number of nitrogens with zero attached hydrogens (tertiary/aromatic N) is 1. The van der Waals surface area contributed by atoms with Crippen LogP contribution in [0, 0.1) is 0 Å². The Morgan fingerprint density at radius 3 is 1.59 bits per heavy atom. The molecule has 0 aliphatic carbocycles. The maximum atomic E-state index is 2.52. The van der Waals surface area contributed by atoms with Gasteiger partial charge >= 0.3 is 0 Å². The van der Waals surface area contributed by atoms with Crippen LogP contribution in [0.25, 0.3) is 0 Å². The highest BCUT2D eigenvalue weighted by atomic mass is 14.9. The molecule has 0 unspecified atom stereocenters. The summed E-state index contributed by atoms with van der Waals surface area (Å²) in [4.78, 5) is 0. The van der Waals surface area contributed by atoms with Crippen molar-refractivity contribution >= 4 is 0 Å². The normalized spacial score (nSPS) is 11.2. The second-order valence-corrected chi connectivity index (χ2v) is 8.44. The highest BCUT2D eigenvalue weighted by Gasteiger charge is 2.08. The minimum absolute atomic E-state index is 1.21. The zero-order valence-electron chi connectivity index (χ0n) is 18.7. The predicted octanol–water partition coefficient (Wildman–Crippen LogP) is 8.19. The largest absolute Gasteiger partial charge is 0.202 e. The summed E-state index contributed by atoms with van der Waals surface area (Å²) < 4.78 is 2.52. The number of aromatic nitrogens is 1. The Morgan fingerprint density at radius 1 is 0.556 bits per heavy atom. The van der Waals surface area contributed by atoms with Crippen LogP contribution in [-0.2, 0) is 13.0 Å². The highest BCUT2D eigenvalue weighted by molar-refractivity contribution is 4.97. The molecule has 27 heavy (non-hydrogen) atoms. The summed E-state index contributed by atoms with van der Waals surface area (Å²) in [5.41, 5.74) is 1.54. The molecular weight excluding hydrogens is 326 g/mol. The maximum absolute atomic E-state index is 2.52. The van der Waals surface area contributed by atoms with Gasteiger partial charge in [0.15, 0.2) is 11.9 Å². The number of unbranched alkanes of at least 4 members (excludes halogenated alkanes) is 15. The first-order valence-corrected chi connectivity index (χ1v) is 12.4. The van der Waals surface area contributed by atoms with Gasteiger partial charge in [-0.1, -0.05) is 110 Å². The molecule has 0 bridgehead atoms. The van der Waals surface area contributed by atoms with Crippen LogP contribution < -0.4 is 4.57 Å². The lowest BCUT2D eigenvalue weighted by Crippen LogP contribution is -2.37. The number of rotatable bonds is 19. The summed E-state index contributed by atoms with van der Waals surface area (Å²) in [5.74, 6) is 0. The standard InChI is InChI=1S/C26H48N/c1-3-5-7-9-11-13-15-17-20-24-27-25-21-19-23-26(27)22-18-16-14-12-10-8-6-4-2/h19,21,23,25H,3-18,20,22,24H2,1-2H3/q+1. The number of hydrogen-bond acceptors (Lipinski definition) is 0. The van der Waals surface area contributed by atoms with Crippen molar-refractivity contribution in [2.24, 2.45) is 0 Å². The smallest absolute Gasteiger partial charge is 0.181 e. The van der Waals surface area contributed by atoms with Crippen LogP contribution in [0.4, 0.5) is 0 Å². The van der Waals surface area contributed by atoms with E-state index in [1.807, 2.05) is 0 Å². The monoisotopic (exact) mass is 374 g/mol. The molecule has 0 aliphatic heterocycles. The lowest BCUT2D eigenvalue weighted by molar-refractivity contribution is -0.704. The van der Waals surface area contributed by atoms with Gasteiger partial charge in [0.2, 0.25) is 0 Å². The molecule has 0 saturated heterocycles. The van der Waals surface area contributed by atoms with Crippen LogP contribution in [0.15, 0.2) is 24.4 Å². The second-order valence-electron chi connectivity index (χ2n) is 8.44. The molecular formula is C26H48N+. The molecule has 0 N–H and O–H groups in total. The van der Waals surface area contributed by atoms with Gasteiger partial charge in [0.25, 0.3) is 0 Å². The molecule has 1 heterocycles. The van der Waals surface area contributed by atoms with Gasteiger partial charge in [0.05, 0.1) is 0 Å². The third-order valence-corrected chi connectivity index (χ3v) is 5.82. The van der Waals surface area contributed by atoms with E-state index in [9.17, 15) is 0 Å². The number of aryl methyl sites for hydroxylation is 2. The second kappa shape index (κ2) is 18.5. The Kier molecular flexibility index (Phi) is 16.6. The summed E-state index contributed by atoms with van der Waals surface area (Å²) in [6, 6.07) is 6.76. The van der Waals surface area contributed by atoms with Crippen molar-refractivity contribution in [3.8, 4) is 0 Å². The molecule has 1 rings (SSSR count). The van der Waals surface area contributed by atoms with Crippen LogP contribution >= 0.6 is 0 Å². The van der Waals surface area contributed by atoms with Crippen molar-refractivity contribution in [2.45, 2.75) is 136 Å². The Hall–Kier alpha value is -0.850. The molecule has 156 valence electrons. The van der Waals surface area contributed by atoms with E-state index in [0.717, 1.165) is 0 Å². The Labute approximate surface area is 171 Å². The van der Waals surface area contributed by atoms with Gasteiger partial charge in [-0.25, -0.2) is 4.57 Å². The van der Waals surface area contributed by atoms with Gasteiger partial charge in [-0.3, -0.25) is 0 Å². The average molecular weight is 375 g/mol. The van der Waals surface area contributed by atoms with Crippen molar-refractivity contribution in [3.05, 3.63) is 30.1 Å². The SMILES string of the molecule is CCCCCCCCCCC[n+]1ccccc1CCCCCCCCCC. The van der Waals surface area contributed by atoms with Crippen LogP contribution in [0.3, 0.4) is 0 Å². The average Bonchev–Trinajstić information content (AvgIpc) is 2.69. The summed E-state index contributed by atoms with van der Waals surface area (Å²) >= 11 is 0. The fraction of sp³-hybridized carbons (Fsp3) is 0.808. The molecule has 1 heteroatoms. The Bertz CT molecular complexity index is 426. The molecule has 0 fully saturated rings. The van der Waals surface area contributed by atoms with Crippen LogP contribution in [0.1, 0.15) is 129 Å². The fourth-order valence-corrected chi connectivity index (χ4v) is 3.99. The van der Waals surface area contributed by atoms with Crippen LogP contribution in [0.5, 0.6) is 0 Å². The van der Waals surface area contributed by atoms with Gasteiger partial charge in [-0.2, -0.15) is 0 Å². The zero-order chi connectivity index (χ0) is 19.4. The van der Waals surface area contributed by atoms with E-state index in [2.05, 4.69) is 42.8 Å². The first-order chi connectivity index (χ1) is 13.4. The van der Waals surface area contributed by atoms with E-state index in [4.69, 9.17) is 0 Å². The molecule has 0 spiro atoms. The minimum atomic E-state index is 1.21. The predicted molar refractivity (Wildman–Crippen MR) is 120 cm³/mol. The Morgan fingerprint density at radius 2 is 1.04 bits per heavy atom. The third-order valence-electron chi connectivity index (χ3n) is 5.82. The highest BCUT2D eigenvalue weighted by Crippen LogP contribution is 2.11. The van der Waals surface area contributed by atoms with Gasteiger partial charge in [0, 0.05) is 25.0 Å². The van der Waals surface area contributed by atoms with Crippen molar-refractivity contribution < 1.29 is 4.57 Å². The summed E-state index contributed by atoms with van der Waals surface area (Å²) in [7, 11) is 0. The van der Waals surface area contributed by atoms with Crippen LogP contribution in [-0.4, -0.2) is 0 Å². The van der Waals surface area contributed by atoms with Crippen molar-refractivity contribution in [3.63, 3.8) is 0 Å². The van der Waals surface area contributed by atoms with Gasteiger partial charge in [0.1, 0.15) is 6.54 Å². The topological polar surface area (TPSA) is 3.88 Å². The third kappa shape index (κ3) is 13.9. The molecule has 0 aromatic carbocycles. The van der Waals surface area contributed by atoms with Crippen molar-refractivity contribution in [1.82, 2.24) is 0 Å². The maximum Gasteiger partial charge on any atom is 0.181 e. The van der Waals surface area contributed by atoms with E-state index < -0.39 is 0 Å². The molecule has 0 aliphatic rings. The number of hydrogen-bond donors (Lipinski definition) is 0. The molecule has 1 aromatic heterocycles. The molecule has 0 atom stereocenters. The summed E-state index contributed by atoms with van der Waals surface area (Å²) in [5, 5.41) is 0. The summed E-state index contributed by atoms with van der Waals surface area (Å²) in [6.07, 6.45) is 27.5. The molecule has 1 aromatic rings. The van der Waals surface area contributed by atoms with E-state index in [0.29, 0.717) is 0 Å². The Balaban J connectivity index is 2.07. The first-order valence-electron chi connectivity index (χ1n) is 12.4. The van der Waals surface area contributed by atoms with Gasteiger partial charge in [-0.05, 0) is 12.8 Å². The molecule has 0 amide bonds. The lowest BCUT2D eigenvalue weighted by atomic mass is 10.1. The first kappa shape index (κ1) is 24.2. The van der Waals surface area contributed by atoms with Gasteiger partial charge in [-0.15, -0.1) is 0 Å². The summed E-state index contributed by atoms with van der Waals surface area (Å²) in [6.45, 7) is 5.80. The number of pyridine rings is 1.